The lowest BCUT2D eigenvalue weighted by Gasteiger charge is -2.09. The molecule has 3 aromatic carbocycles. The predicted octanol–water partition coefficient (Wildman–Crippen LogP) is 4.17. The van der Waals surface area contributed by atoms with E-state index in [4.69, 9.17) is 10.8 Å². The fourth-order valence-electron chi connectivity index (χ4n) is 2.42. The fourth-order valence-corrected chi connectivity index (χ4v) is 2.42. The van der Waals surface area contributed by atoms with Gasteiger partial charge in [0.05, 0.1) is 6.42 Å². The van der Waals surface area contributed by atoms with Crippen LogP contribution in [0.1, 0.15) is 24.1 Å². The molecule has 3 rings (SSSR count). The van der Waals surface area contributed by atoms with Crippen molar-refractivity contribution in [2.24, 2.45) is 5.73 Å². The summed E-state index contributed by atoms with van der Waals surface area (Å²) in [5.74, 6) is -0.786. The van der Waals surface area contributed by atoms with Gasteiger partial charge in [0.25, 0.3) is 0 Å². The first-order chi connectivity index (χ1) is 11.1. The molecule has 0 amide bonds. The number of nitrogens with two attached hydrogens (primary N) is 1. The van der Waals surface area contributed by atoms with Crippen molar-refractivity contribution in [3.63, 3.8) is 0 Å². The molecular weight excluding hydrogens is 286 g/mol. The Kier molecular flexibility index (Phi) is 5.89. The molecule has 0 aromatic heterocycles. The second kappa shape index (κ2) is 8.11. The van der Waals surface area contributed by atoms with Crippen molar-refractivity contribution in [3.8, 4) is 0 Å². The summed E-state index contributed by atoms with van der Waals surface area (Å²) in [7, 11) is 0. The largest absolute Gasteiger partial charge is 0.481 e. The lowest BCUT2D eigenvalue weighted by atomic mass is 10.0. The van der Waals surface area contributed by atoms with Crippen LogP contribution in [0.4, 0.5) is 0 Å². The first-order valence-electron chi connectivity index (χ1n) is 7.57. The van der Waals surface area contributed by atoms with Crippen LogP contribution in [0, 0.1) is 0 Å². The van der Waals surface area contributed by atoms with E-state index in [1.807, 2.05) is 37.3 Å². The van der Waals surface area contributed by atoms with E-state index in [2.05, 4.69) is 30.3 Å². The van der Waals surface area contributed by atoms with Crippen LogP contribution in [-0.4, -0.2) is 11.1 Å². The van der Waals surface area contributed by atoms with Gasteiger partial charge in [-0.3, -0.25) is 4.79 Å². The summed E-state index contributed by atoms with van der Waals surface area (Å²) in [4.78, 5) is 10.2. The molecule has 0 fully saturated rings. The third kappa shape index (κ3) is 4.94. The van der Waals surface area contributed by atoms with Gasteiger partial charge in [-0.25, -0.2) is 0 Å². The topological polar surface area (TPSA) is 63.3 Å². The van der Waals surface area contributed by atoms with Crippen LogP contribution in [0.25, 0.3) is 10.8 Å². The molecule has 0 aliphatic heterocycles. The van der Waals surface area contributed by atoms with Crippen molar-refractivity contribution in [2.75, 3.05) is 0 Å². The van der Waals surface area contributed by atoms with E-state index in [1.54, 1.807) is 12.1 Å². The van der Waals surface area contributed by atoms with Crippen LogP contribution in [0.3, 0.4) is 0 Å². The van der Waals surface area contributed by atoms with E-state index < -0.39 is 5.97 Å². The Morgan fingerprint density at radius 2 is 1.57 bits per heavy atom. The van der Waals surface area contributed by atoms with Gasteiger partial charge in [0.2, 0.25) is 0 Å². The minimum absolute atomic E-state index is 0.103. The average Bonchev–Trinajstić information content (AvgIpc) is 2.55. The van der Waals surface area contributed by atoms with Crippen molar-refractivity contribution in [3.05, 3.63) is 83.9 Å². The lowest BCUT2D eigenvalue weighted by molar-refractivity contribution is -0.136. The van der Waals surface area contributed by atoms with Crippen LogP contribution in [0.5, 0.6) is 0 Å². The van der Waals surface area contributed by atoms with Crippen molar-refractivity contribution in [1.82, 2.24) is 0 Å². The molecule has 1 atom stereocenters. The van der Waals surface area contributed by atoms with E-state index >= 15 is 0 Å². The van der Waals surface area contributed by atoms with Crippen molar-refractivity contribution in [1.29, 1.82) is 0 Å². The van der Waals surface area contributed by atoms with Gasteiger partial charge in [-0.2, -0.15) is 0 Å². The Labute approximate surface area is 136 Å². The summed E-state index contributed by atoms with van der Waals surface area (Å²) >= 11 is 0. The van der Waals surface area contributed by atoms with Crippen molar-refractivity contribution < 1.29 is 9.90 Å². The molecule has 1 unspecified atom stereocenters. The Balaban J connectivity index is 0.000000174. The zero-order chi connectivity index (χ0) is 16.7. The molecule has 0 aliphatic rings. The molecule has 23 heavy (non-hydrogen) atoms. The number of carbonyl (C=O) groups is 1. The van der Waals surface area contributed by atoms with Gasteiger partial charge in [0, 0.05) is 6.04 Å². The minimum Gasteiger partial charge on any atom is -0.481 e. The number of aliphatic carboxylic acids is 1. The molecule has 3 nitrogen and oxygen atoms in total. The third-order valence-corrected chi connectivity index (χ3v) is 3.51. The number of rotatable bonds is 3. The number of hydrogen-bond donors (Lipinski definition) is 2. The number of carboxylic acid groups (broad SMARTS) is 1. The second-order valence-corrected chi connectivity index (χ2v) is 5.41. The molecule has 0 heterocycles. The standard InChI is InChI=1S/C12H13N.C8H8O2/c1-9(13)11-8-4-6-10-5-2-3-7-12(10)11;9-8(10)6-7-4-2-1-3-5-7/h2-9H,13H2,1H3;1-5H,6H2,(H,9,10). The first kappa shape index (κ1) is 16.7. The van der Waals surface area contributed by atoms with E-state index in [-0.39, 0.29) is 12.5 Å². The molecule has 0 saturated heterocycles. The SMILES string of the molecule is CC(N)c1cccc2ccccc12.O=C(O)Cc1ccccc1. The molecule has 0 spiro atoms. The highest BCUT2D eigenvalue weighted by atomic mass is 16.4. The highest BCUT2D eigenvalue weighted by molar-refractivity contribution is 5.86. The minimum atomic E-state index is -0.786. The Hall–Kier alpha value is -2.65. The van der Waals surface area contributed by atoms with Crippen LogP contribution < -0.4 is 5.73 Å². The van der Waals surface area contributed by atoms with Gasteiger partial charge in [0.15, 0.2) is 0 Å². The maximum absolute atomic E-state index is 10.2. The van der Waals surface area contributed by atoms with E-state index in [9.17, 15) is 4.79 Å². The monoisotopic (exact) mass is 307 g/mol. The highest BCUT2D eigenvalue weighted by Crippen LogP contribution is 2.22. The van der Waals surface area contributed by atoms with E-state index in [1.165, 1.54) is 16.3 Å². The normalized spacial score (nSPS) is 11.4. The third-order valence-electron chi connectivity index (χ3n) is 3.51. The fraction of sp³-hybridized carbons (Fsp3) is 0.150. The van der Waals surface area contributed by atoms with Crippen LogP contribution >= 0.6 is 0 Å². The molecule has 0 bridgehead atoms. The summed E-state index contributed by atoms with van der Waals surface area (Å²) in [6.07, 6.45) is 0.112. The predicted molar refractivity (Wildman–Crippen MR) is 94.3 cm³/mol. The number of benzene rings is 3. The smallest absolute Gasteiger partial charge is 0.307 e. The molecule has 3 aromatic rings. The maximum atomic E-state index is 10.2. The van der Waals surface area contributed by atoms with Crippen LogP contribution in [0.15, 0.2) is 72.8 Å². The summed E-state index contributed by atoms with van der Waals surface area (Å²) in [6.45, 7) is 2.02. The molecular formula is C20H21NO2. The van der Waals surface area contributed by atoms with Gasteiger partial charge in [-0.1, -0.05) is 72.8 Å². The molecule has 0 aliphatic carbocycles. The van der Waals surface area contributed by atoms with E-state index in [0.29, 0.717) is 0 Å². The Morgan fingerprint density at radius 3 is 2.22 bits per heavy atom. The second-order valence-electron chi connectivity index (χ2n) is 5.41. The van der Waals surface area contributed by atoms with Crippen LogP contribution in [-0.2, 0) is 11.2 Å². The summed E-state index contributed by atoms with van der Waals surface area (Å²) in [5.41, 5.74) is 7.94. The van der Waals surface area contributed by atoms with Gasteiger partial charge >= 0.3 is 5.97 Å². The molecule has 3 N–H and O–H groups in total. The summed E-state index contributed by atoms with van der Waals surface area (Å²) < 4.78 is 0. The summed E-state index contributed by atoms with van der Waals surface area (Å²) in [5, 5.41) is 10.9. The molecule has 0 saturated carbocycles. The van der Waals surface area contributed by atoms with Crippen molar-refractivity contribution >= 4 is 16.7 Å². The Bertz CT molecular complexity index is 761. The van der Waals surface area contributed by atoms with Crippen molar-refractivity contribution in [2.45, 2.75) is 19.4 Å². The first-order valence-corrected chi connectivity index (χ1v) is 7.57. The number of carboxylic acids is 1. The van der Waals surface area contributed by atoms with E-state index in [0.717, 1.165) is 5.56 Å². The Morgan fingerprint density at radius 1 is 0.957 bits per heavy atom. The van der Waals surface area contributed by atoms with Gasteiger partial charge in [-0.05, 0) is 28.8 Å². The molecule has 0 radical (unpaired) electrons. The van der Waals surface area contributed by atoms with Gasteiger partial charge in [-0.15, -0.1) is 0 Å². The summed E-state index contributed by atoms with van der Waals surface area (Å²) in [6, 6.07) is 23.8. The van der Waals surface area contributed by atoms with Gasteiger partial charge < -0.3 is 10.8 Å². The average molecular weight is 307 g/mol. The lowest BCUT2D eigenvalue weighted by Crippen LogP contribution is -2.05. The number of hydrogen-bond acceptors (Lipinski definition) is 2. The zero-order valence-corrected chi connectivity index (χ0v) is 13.1. The van der Waals surface area contributed by atoms with Gasteiger partial charge in [0.1, 0.15) is 0 Å². The zero-order valence-electron chi connectivity index (χ0n) is 13.1. The molecule has 3 heteroatoms. The molecule has 118 valence electrons. The number of fused-ring (bicyclic) bond motifs is 1. The highest BCUT2D eigenvalue weighted by Gasteiger charge is 2.03. The quantitative estimate of drug-likeness (QED) is 0.763. The van der Waals surface area contributed by atoms with Crippen LogP contribution in [0.2, 0.25) is 0 Å². The maximum Gasteiger partial charge on any atom is 0.307 e.